The van der Waals surface area contributed by atoms with Crippen LogP contribution in [-0.4, -0.2) is 18.0 Å². The van der Waals surface area contributed by atoms with Gasteiger partial charge in [-0.2, -0.15) is 0 Å². The van der Waals surface area contributed by atoms with Crippen molar-refractivity contribution in [2.75, 3.05) is 0 Å². The van der Waals surface area contributed by atoms with Crippen molar-refractivity contribution in [1.29, 1.82) is 0 Å². The quantitative estimate of drug-likeness (QED) is 0.882. The molecule has 3 rings (SSSR count). The number of carbonyl (C=O) groups excluding carboxylic acids is 1. The maximum Gasteiger partial charge on any atom is 0.261 e. The third-order valence-corrected chi connectivity index (χ3v) is 5.29. The van der Waals surface area contributed by atoms with E-state index in [0.29, 0.717) is 23.9 Å². The van der Waals surface area contributed by atoms with E-state index in [1.54, 1.807) is 0 Å². The molecule has 1 aromatic rings. The van der Waals surface area contributed by atoms with Crippen LogP contribution in [0.4, 0.5) is 0 Å². The first kappa shape index (κ1) is 14.8. The highest BCUT2D eigenvalue weighted by Gasteiger charge is 2.39. The Morgan fingerprint density at radius 1 is 1.32 bits per heavy atom. The summed E-state index contributed by atoms with van der Waals surface area (Å²) in [6.45, 7) is 0. The molecule has 0 radical (unpaired) electrons. The van der Waals surface area contributed by atoms with Crippen LogP contribution >= 0.6 is 23.7 Å². The number of fused-ring (bicyclic) bond motifs is 2. The normalized spacial score (nSPS) is 33.3. The molecular formula is C14H21ClN2OS. The average Bonchev–Trinajstić information content (AvgIpc) is 2.83. The first-order valence-electron chi connectivity index (χ1n) is 6.84. The number of thiophene rings is 1. The van der Waals surface area contributed by atoms with Gasteiger partial charge in [0.25, 0.3) is 5.91 Å². The van der Waals surface area contributed by atoms with E-state index in [1.165, 1.54) is 30.6 Å². The molecule has 1 heterocycles. The second kappa shape index (κ2) is 6.25. The Morgan fingerprint density at radius 3 is 2.58 bits per heavy atom. The second-order valence-electron chi connectivity index (χ2n) is 5.66. The highest BCUT2D eigenvalue weighted by Crippen LogP contribution is 2.39. The third-order valence-electron chi connectivity index (χ3n) is 4.42. The van der Waals surface area contributed by atoms with Crippen molar-refractivity contribution in [3.8, 4) is 0 Å². The number of nitrogens with two attached hydrogens (primary N) is 1. The summed E-state index contributed by atoms with van der Waals surface area (Å²) in [5.41, 5.74) is 6.10. The molecule has 2 aliphatic rings. The minimum absolute atomic E-state index is 0. The lowest BCUT2D eigenvalue weighted by atomic mass is 9.67. The number of rotatable bonds is 2. The van der Waals surface area contributed by atoms with Gasteiger partial charge in [-0.3, -0.25) is 4.79 Å². The predicted molar refractivity (Wildman–Crippen MR) is 80.9 cm³/mol. The molecule has 5 heteroatoms. The molecule has 0 aromatic carbocycles. The monoisotopic (exact) mass is 300 g/mol. The topological polar surface area (TPSA) is 55.1 Å². The molecule has 0 aliphatic heterocycles. The number of nitrogens with one attached hydrogen (secondary N) is 1. The number of amides is 1. The summed E-state index contributed by atoms with van der Waals surface area (Å²) in [6.07, 6.45) is 5.89. The van der Waals surface area contributed by atoms with E-state index in [1.807, 2.05) is 17.5 Å². The van der Waals surface area contributed by atoms with E-state index in [0.717, 1.165) is 17.7 Å². The van der Waals surface area contributed by atoms with Gasteiger partial charge in [-0.05, 0) is 49.0 Å². The van der Waals surface area contributed by atoms with Crippen LogP contribution in [0, 0.1) is 11.8 Å². The first-order valence-corrected chi connectivity index (χ1v) is 7.72. The molecule has 2 atom stereocenters. The minimum atomic E-state index is 0. The molecule has 2 bridgehead atoms. The smallest absolute Gasteiger partial charge is 0.261 e. The molecule has 2 fully saturated rings. The van der Waals surface area contributed by atoms with Gasteiger partial charge in [0.2, 0.25) is 0 Å². The molecule has 106 valence electrons. The molecule has 2 aliphatic carbocycles. The number of hydrogen-bond acceptors (Lipinski definition) is 3. The Labute approximate surface area is 124 Å². The summed E-state index contributed by atoms with van der Waals surface area (Å²) >= 11 is 1.51. The lowest BCUT2D eigenvalue weighted by Crippen LogP contribution is -2.53. The van der Waals surface area contributed by atoms with Gasteiger partial charge in [0.05, 0.1) is 4.88 Å². The number of hydrogen-bond donors (Lipinski definition) is 2. The van der Waals surface area contributed by atoms with E-state index < -0.39 is 0 Å². The summed E-state index contributed by atoms with van der Waals surface area (Å²) in [5, 5.41) is 5.21. The lowest BCUT2D eigenvalue weighted by Gasteiger charge is -2.45. The van der Waals surface area contributed by atoms with Gasteiger partial charge in [-0.15, -0.1) is 23.7 Å². The Morgan fingerprint density at radius 2 is 2.00 bits per heavy atom. The molecule has 2 unspecified atom stereocenters. The van der Waals surface area contributed by atoms with Gasteiger partial charge >= 0.3 is 0 Å². The SMILES string of the molecule is Cl.NC1CC2CCCC(C1)C2NC(=O)c1cccs1. The Kier molecular flexibility index (Phi) is 4.87. The van der Waals surface area contributed by atoms with Crippen LogP contribution in [0.25, 0.3) is 0 Å². The fraction of sp³-hybridized carbons (Fsp3) is 0.643. The zero-order chi connectivity index (χ0) is 12.5. The van der Waals surface area contributed by atoms with E-state index in [4.69, 9.17) is 5.73 Å². The number of halogens is 1. The van der Waals surface area contributed by atoms with Crippen molar-refractivity contribution < 1.29 is 4.79 Å². The summed E-state index contributed by atoms with van der Waals surface area (Å²) in [5.74, 6) is 1.29. The minimum Gasteiger partial charge on any atom is -0.348 e. The molecule has 19 heavy (non-hydrogen) atoms. The molecule has 2 saturated carbocycles. The van der Waals surface area contributed by atoms with Crippen LogP contribution in [0.3, 0.4) is 0 Å². The van der Waals surface area contributed by atoms with E-state index in [-0.39, 0.29) is 18.3 Å². The summed E-state index contributed by atoms with van der Waals surface area (Å²) in [4.78, 5) is 13.0. The fourth-order valence-corrected chi connectivity index (χ4v) is 4.28. The lowest BCUT2D eigenvalue weighted by molar-refractivity contribution is 0.0759. The van der Waals surface area contributed by atoms with Crippen LogP contribution in [-0.2, 0) is 0 Å². The molecular weight excluding hydrogens is 280 g/mol. The van der Waals surface area contributed by atoms with Crippen molar-refractivity contribution in [2.24, 2.45) is 17.6 Å². The maximum absolute atomic E-state index is 12.2. The van der Waals surface area contributed by atoms with Crippen molar-refractivity contribution in [2.45, 2.75) is 44.2 Å². The Balaban J connectivity index is 0.00000133. The maximum atomic E-state index is 12.2. The van der Waals surface area contributed by atoms with Gasteiger partial charge in [0.15, 0.2) is 0 Å². The van der Waals surface area contributed by atoms with Crippen molar-refractivity contribution in [3.63, 3.8) is 0 Å². The van der Waals surface area contributed by atoms with Gasteiger partial charge in [-0.25, -0.2) is 0 Å². The van der Waals surface area contributed by atoms with Crippen molar-refractivity contribution in [1.82, 2.24) is 5.32 Å². The van der Waals surface area contributed by atoms with E-state index >= 15 is 0 Å². The Hall–Kier alpha value is -0.580. The molecule has 0 spiro atoms. The molecule has 3 N–H and O–H groups in total. The second-order valence-corrected chi connectivity index (χ2v) is 6.61. The summed E-state index contributed by atoms with van der Waals surface area (Å²) < 4.78 is 0. The zero-order valence-corrected chi connectivity index (χ0v) is 12.5. The van der Waals surface area contributed by atoms with Gasteiger partial charge in [-0.1, -0.05) is 12.5 Å². The average molecular weight is 301 g/mol. The molecule has 0 saturated heterocycles. The predicted octanol–water partition coefficient (Wildman–Crippen LogP) is 2.81. The molecule has 1 aromatic heterocycles. The van der Waals surface area contributed by atoms with Crippen LogP contribution in [0.2, 0.25) is 0 Å². The van der Waals surface area contributed by atoms with E-state index in [2.05, 4.69) is 5.32 Å². The third kappa shape index (κ3) is 3.12. The Bertz CT molecular complexity index is 409. The van der Waals surface area contributed by atoms with Crippen molar-refractivity contribution in [3.05, 3.63) is 22.4 Å². The van der Waals surface area contributed by atoms with Crippen LogP contribution in [0.15, 0.2) is 17.5 Å². The molecule has 1 amide bonds. The summed E-state index contributed by atoms with van der Waals surface area (Å²) in [7, 11) is 0. The highest BCUT2D eigenvalue weighted by atomic mass is 35.5. The highest BCUT2D eigenvalue weighted by molar-refractivity contribution is 7.12. The number of carbonyl (C=O) groups is 1. The first-order chi connectivity index (χ1) is 8.74. The van der Waals surface area contributed by atoms with Crippen LogP contribution in [0.5, 0.6) is 0 Å². The van der Waals surface area contributed by atoms with Gasteiger partial charge in [0, 0.05) is 12.1 Å². The fourth-order valence-electron chi connectivity index (χ4n) is 3.66. The molecule has 3 nitrogen and oxygen atoms in total. The zero-order valence-electron chi connectivity index (χ0n) is 10.9. The summed E-state index contributed by atoms with van der Waals surface area (Å²) in [6, 6.07) is 4.52. The van der Waals surface area contributed by atoms with E-state index in [9.17, 15) is 4.79 Å². The van der Waals surface area contributed by atoms with Gasteiger partial charge < -0.3 is 11.1 Å². The van der Waals surface area contributed by atoms with Crippen LogP contribution < -0.4 is 11.1 Å². The van der Waals surface area contributed by atoms with Crippen LogP contribution in [0.1, 0.15) is 41.8 Å². The largest absolute Gasteiger partial charge is 0.348 e. The standard InChI is InChI=1S/C14H20N2OS.ClH/c15-11-7-9-3-1-4-10(8-11)13(9)16-14(17)12-5-2-6-18-12;/h2,5-6,9-11,13H,1,3-4,7-8,15H2,(H,16,17);1H. The van der Waals surface area contributed by atoms with Crippen molar-refractivity contribution >= 4 is 29.7 Å². The van der Waals surface area contributed by atoms with Gasteiger partial charge in [0.1, 0.15) is 0 Å².